The molecule has 0 bridgehead atoms. The van der Waals surface area contributed by atoms with E-state index >= 15 is 0 Å². The monoisotopic (exact) mass is 684 g/mol. The predicted molar refractivity (Wildman–Crippen MR) is 189 cm³/mol. The number of methoxy groups -OCH3 is 1. The maximum absolute atomic E-state index is 10.6. The standard InChI is InChI=1S/3C7H12O2.C6H10O2.C5H8O2.C4H6O2/c1-5-6(8)9-7(2,3)4;1-5(2)7(8)9-6(3)4;1-4-5-9-7(8)6(2)3;1-4-8-6(7)5(2)3;1-4(2)5(6)7-3;1-3(2)4(5)6/h5H,1H2,2-4H3;6H,1H2,2-4H3;2,4-5H2,1,3H3;2,4H2,1,3H3;1H2,2-3H3;1H2,2H3,(H,5,6). The fourth-order valence-electron chi connectivity index (χ4n) is 1.40. The van der Waals surface area contributed by atoms with E-state index in [1.54, 1.807) is 48.5 Å². The molecule has 48 heavy (non-hydrogen) atoms. The molecule has 0 unspecified atom stereocenters. The molecule has 0 aromatic rings. The van der Waals surface area contributed by atoms with E-state index in [1.165, 1.54) is 14.0 Å². The number of rotatable bonds is 10. The second kappa shape index (κ2) is 33.6. The van der Waals surface area contributed by atoms with Crippen LogP contribution in [0.2, 0.25) is 0 Å². The highest BCUT2D eigenvalue weighted by atomic mass is 16.6. The molecule has 1 N–H and O–H groups in total. The molecule has 0 aromatic carbocycles. The summed E-state index contributed by atoms with van der Waals surface area (Å²) in [5.41, 5.74) is 1.57. The molecule has 0 aliphatic carbocycles. The Balaban J connectivity index is -0.000000111. The van der Waals surface area contributed by atoms with Crippen molar-refractivity contribution < 1.29 is 57.6 Å². The number of carboxylic acid groups (broad SMARTS) is 1. The van der Waals surface area contributed by atoms with Gasteiger partial charge in [0, 0.05) is 33.9 Å². The van der Waals surface area contributed by atoms with E-state index < -0.39 is 11.6 Å². The molecular formula is C36H60O12. The Morgan fingerprint density at radius 1 is 0.688 bits per heavy atom. The van der Waals surface area contributed by atoms with Crippen molar-refractivity contribution in [1.29, 1.82) is 0 Å². The number of carbonyl (C=O) groups is 6. The van der Waals surface area contributed by atoms with E-state index in [0.717, 1.165) is 12.5 Å². The van der Waals surface area contributed by atoms with Gasteiger partial charge in [-0.1, -0.05) is 46.4 Å². The van der Waals surface area contributed by atoms with Gasteiger partial charge in [-0.15, -0.1) is 0 Å². The van der Waals surface area contributed by atoms with Crippen molar-refractivity contribution in [1.82, 2.24) is 0 Å². The first-order valence-corrected chi connectivity index (χ1v) is 14.7. The molecule has 0 amide bonds. The summed E-state index contributed by atoms with van der Waals surface area (Å²) < 4.78 is 23.2. The van der Waals surface area contributed by atoms with Crippen LogP contribution in [-0.2, 0) is 52.5 Å². The van der Waals surface area contributed by atoms with Crippen LogP contribution in [0.5, 0.6) is 0 Å². The average molecular weight is 685 g/mol. The largest absolute Gasteiger partial charge is 0.478 e. The Hall–Kier alpha value is -4.74. The Kier molecular flexibility index (Phi) is 39.0. The second-order valence-electron chi connectivity index (χ2n) is 10.7. The molecule has 0 fully saturated rings. The normalized spacial score (nSPS) is 8.79. The summed E-state index contributed by atoms with van der Waals surface area (Å²) >= 11 is 0. The van der Waals surface area contributed by atoms with Crippen molar-refractivity contribution in [3.8, 4) is 0 Å². The van der Waals surface area contributed by atoms with E-state index in [4.69, 9.17) is 19.3 Å². The molecule has 0 saturated heterocycles. The highest BCUT2D eigenvalue weighted by Crippen LogP contribution is 2.06. The zero-order valence-electron chi connectivity index (χ0n) is 31.5. The van der Waals surface area contributed by atoms with Crippen LogP contribution >= 0.6 is 0 Å². The molecule has 0 aliphatic heterocycles. The summed E-state index contributed by atoms with van der Waals surface area (Å²) in [4.78, 5) is 61.9. The summed E-state index contributed by atoms with van der Waals surface area (Å²) in [5.74, 6) is -2.58. The Bertz CT molecular complexity index is 1070. The number of carboxylic acids is 1. The zero-order chi connectivity index (χ0) is 39.8. The lowest BCUT2D eigenvalue weighted by Crippen LogP contribution is -2.22. The van der Waals surface area contributed by atoms with E-state index in [2.05, 4.69) is 48.9 Å². The average Bonchev–Trinajstić information content (AvgIpc) is 2.95. The summed E-state index contributed by atoms with van der Waals surface area (Å²) in [5, 5.41) is 7.89. The smallest absolute Gasteiger partial charge is 0.333 e. The highest BCUT2D eigenvalue weighted by molar-refractivity contribution is 5.88. The van der Waals surface area contributed by atoms with Gasteiger partial charge in [-0.3, -0.25) is 0 Å². The quantitative estimate of drug-likeness (QED) is 0.142. The van der Waals surface area contributed by atoms with Gasteiger partial charge < -0.3 is 28.8 Å². The first-order valence-electron chi connectivity index (χ1n) is 14.7. The summed E-state index contributed by atoms with van der Waals surface area (Å²) in [6, 6.07) is 0. The van der Waals surface area contributed by atoms with Gasteiger partial charge in [0.2, 0.25) is 0 Å². The van der Waals surface area contributed by atoms with Gasteiger partial charge in [0.25, 0.3) is 0 Å². The van der Waals surface area contributed by atoms with E-state index in [9.17, 15) is 28.8 Å². The maximum Gasteiger partial charge on any atom is 0.333 e. The molecule has 276 valence electrons. The van der Waals surface area contributed by atoms with Crippen molar-refractivity contribution >= 4 is 35.8 Å². The number of hydrogen-bond donors (Lipinski definition) is 1. The molecule has 0 saturated carbocycles. The molecule has 0 aromatic heterocycles. The van der Waals surface area contributed by atoms with Crippen LogP contribution in [0.4, 0.5) is 0 Å². The maximum atomic E-state index is 10.6. The van der Waals surface area contributed by atoms with Crippen molar-refractivity contribution in [3.63, 3.8) is 0 Å². The van der Waals surface area contributed by atoms with Crippen LogP contribution < -0.4 is 0 Å². The van der Waals surface area contributed by atoms with Crippen molar-refractivity contribution in [2.45, 2.75) is 101 Å². The van der Waals surface area contributed by atoms with Gasteiger partial charge in [0.05, 0.1) is 26.4 Å². The molecule has 12 nitrogen and oxygen atoms in total. The topological polar surface area (TPSA) is 169 Å². The molecule has 12 heteroatoms. The molecule has 0 spiro atoms. The van der Waals surface area contributed by atoms with Crippen molar-refractivity contribution in [2.75, 3.05) is 20.3 Å². The third-order valence-electron chi connectivity index (χ3n) is 3.57. The van der Waals surface area contributed by atoms with Crippen LogP contribution in [0, 0.1) is 0 Å². The minimum atomic E-state index is -0.935. The zero-order valence-corrected chi connectivity index (χ0v) is 31.5. The highest BCUT2D eigenvalue weighted by Gasteiger charge is 2.13. The fraction of sp³-hybridized carbons (Fsp3) is 0.500. The van der Waals surface area contributed by atoms with Crippen LogP contribution in [0.15, 0.2) is 73.4 Å². The third kappa shape index (κ3) is 53.8. The number of aliphatic carboxylic acids is 1. The predicted octanol–water partition coefficient (Wildman–Crippen LogP) is 7.05. The molecule has 0 heterocycles. The minimum Gasteiger partial charge on any atom is -0.478 e. The Labute approximate surface area is 288 Å². The fourth-order valence-corrected chi connectivity index (χ4v) is 1.40. The van der Waals surface area contributed by atoms with Crippen molar-refractivity contribution in [2.24, 2.45) is 0 Å². The van der Waals surface area contributed by atoms with Gasteiger partial charge in [0.1, 0.15) is 5.60 Å². The summed E-state index contributed by atoms with van der Waals surface area (Å²) in [6.45, 7) is 41.7. The molecule has 0 rings (SSSR count). The summed E-state index contributed by atoms with van der Waals surface area (Å²) in [6.07, 6.45) is 1.97. The van der Waals surface area contributed by atoms with E-state index in [0.29, 0.717) is 35.5 Å². The van der Waals surface area contributed by atoms with Crippen LogP contribution in [0.3, 0.4) is 0 Å². The first kappa shape index (κ1) is 55.6. The van der Waals surface area contributed by atoms with Gasteiger partial charge in [-0.2, -0.15) is 0 Å². The lowest BCUT2D eigenvalue weighted by atomic mass is 10.2. The van der Waals surface area contributed by atoms with Crippen LogP contribution in [0.1, 0.15) is 89.5 Å². The Morgan fingerprint density at radius 2 is 1.04 bits per heavy atom. The number of carbonyl (C=O) groups excluding carboxylic acids is 5. The SMILES string of the molecule is C=C(C)C(=O)O.C=C(C)C(=O)OC.C=C(C)C(=O)OC(C)C.C=C(C)C(=O)OCC.C=C(C)C(=O)OCCC.C=CC(=O)OC(C)(C)C. The molecule has 0 aliphatic rings. The third-order valence-corrected chi connectivity index (χ3v) is 3.57. The molecular weight excluding hydrogens is 624 g/mol. The Morgan fingerprint density at radius 3 is 1.17 bits per heavy atom. The summed E-state index contributed by atoms with van der Waals surface area (Å²) in [7, 11) is 1.33. The van der Waals surface area contributed by atoms with Gasteiger partial charge >= 0.3 is 35.8 Å². The van der Waals surface area contributed by atoms with Crippen molar-refractivity contribution in [3.05, 3.63) is 73.4 Å². The van der Waals surface area contributed by atoms with Gasteiger partial charge in [-0.25, -0.2) is 28.8 Å². The van der Waals surface area contributed by atoms with Crippen LogP contribution in [0.25, 0.3) is 0 Å². The number of hydrogen-bond acceptors (Lipinski definition) is 11. The molecule has 0 radical (unpaired) electrons. The van der Waals surface area contributed by atoms with Crippen LogP contribution in [-0.4, -0.2) is 73.0 Å². The lowest BCUT2D eigenvalue weighted by molar-refractivity contribution is -0.148. The van der Waals surface area contributed by atoms with Gasteiger partial charge in [-0.05, 0) is 82.6 Å². The van der Waals surface area contributed by atoms with E-state index in [1.807, 2.05) is 27.7 Å². The molecule has 0 atom stereocenters. The lowest BCUT2D eigenvalue weighted by Gasteiger charge is -2.17. The first-order chi connectivity index (χ1) is 21.7. The minimum absolute atomic E-state index is 0.0470. The number of ether oxygens (including phenoxy) is 5. The van der Waals surface area contributed by atoms with E-state index in [-0.39, 0.29) is 41.5 Å². The number of esters is 5. The second-order valence-corrected chi connectivity index (χ2v) is 10.7. The van der Waals surface area contributed by atoms with Gasteiger partial charge in [0.15, 0.2) is 0 Å².